The lowest BCUT2D eigenvalue weighted by Crippen LogP contribution is -2.29. The smallest absolute Gasteiger partial charge is 0.261 e. The molecule has 7 heteroatoms. The third kappa shape index (κ3) is 4.00. The molecule has 1 aliphatic rings. The van der Waals surface area contributed by atoms with Crippen molar-refractivity contribution in [2.24, 2.45) is 0 Å². The number of nitrogens with one attached hydrogen (secondary N) is 1. The summed E-state index contributed by atoms with van der Waals surface area (Å²) in [5, 5.41) is 2.91. The highest BCUT2D eigenvalue weighted by Gasteiger charge is 2.29. The summed E-state index contributed by atoms with van der Waals surface area (Å²) in [5.74, 6) is -0.0118. The molecule has 2 heterocycles. The summed E-state index contributed by atoms with van der Waals surface area (Å²) in [6.07, 6.45) is 0.704. The second kappa shape index (κ2) is 8.05. The van der Waals surface area contributed by atoms with E-state index in [1.54, 1.807) is 18.1 Å². The fourth-order valence-electron chi connectivity index (χ4n) is 3.28. The summed E-state index contributed by atoms with van der Waals surface area (Å²) in [6.45, 7) is 0.944. The van der Waals surface area contributed by atoms with E-state index in [0.717, 1.165) is 21.9 Å². The number of fused-ring (bicyclic) bond motifs is 1. The van der Waals surface area contributed by atoms with Crippen molar-refractivity contribution in [2.45, 2.75) is 13.0 Å². The van der Waals surface area contributed by atoms with Gasteiger partial charge < -0.3 is 15.0 Å². The molecule has 0 saturated carbocycles. The average Bonchev–Trinajstić information content (AvgIpc) is 3.33. The number of anilines is 1. The highest BCUT2D eigenvalue weighted by Crippen LogP contribution is 2.36. The second-order valence-electron chi connectivity index (χ2n) is 6.67. The molecule has 0 atom stereocenters. The number of carbonyl (C=O) groups is 2. The van der Waals surface area contributed by atoms with Crippen LogP contribution in [-0.2, 0) is 13.0 Å². The van der Waals surface area contributed by atoms with Crippen molar-refractivity contribution in [1.82, 2.24) is 5.32 Å². The van der Waals surface area contributed by atoms with Crippen molar-refractivity contribution in [1.29, 1.82) is 0 Å². The summed E-state index contributed by atoms with van der Waals surface area (Å²) >= 11 is 1.40. The number of ether oxygens (including phenoxy) is 1. The number of amides is 2. The Morgan fingerprint density at radius 1 is 1.17 bits per heavy atom. The Morgan fingerprint density at radius 2 is 1.97 bits per heavy atom. The van der Waals surface area contributed by atoms with Crippen molar-refractivity contribution >= 4 is 28.8 Å². The quantitative estimate of drug-likeness (QED) is 0.691. The zero-order valence-corrected chi connectivity index (χ0v) is 16.6. The maximum atomic E-state index is 13.1. The van der Waals surface area contributed by atoms with Crippen molar-refractivity contribution < 1.29 is 18.7 Å². The highest BCUT2D eigenvalue weighted by molar-refractivity contribution is 7.14. The van der Waals surface area contributed by atoms with Crippen LogP contribution in [0.5, 0.6) is 5.75 Å². The van der Waals surface area contributed by atoms with Gasteiger partial charge in [-0.3, -0.25) is 9.59 Å². The molecule has 0 spiro atoms. The third-order valence-electron chi connectivity index (χ3n) is 4.79. The van der Waals surface area contributed by atoms with E-state index in [4.69, 9.17) is 4.74 Å². The standard InChI is InChI=1S/C22H19FN2O3S/c1-28-17-4-2-3-14(11-17)13-24-21(26)20-12-18-19(29-20)9-10-25(18)22(27)15-5-7-16(23)8-6-15/h2-8,11-12H,9-10,13H2,1H3,(H,24,26). The monoisotopic (exact) mass is 410 g/mol. The largest absolute Gasteiger partial charge is 0.497 e. The fraction of sp³-hybridized carbons (Fsp3) is 0.182. The number of hydrogen-bond donors (Lipinski definition) is 1. The van der Waals surface area contributed by atoms with E-state index in [2.05, 4.69) is 5.32 Å². The lowest BCUT2D eigenvalue weighted by atomic mass is 10.2. The Bertz CT molecular complexity index is 1060. The average molecular weight is 410 g/mol. The topological polar surface area (TPSA) is 58.6 Å². The summed E-state index contributed by atoms with van der Waals surface area (Å²) in [7, 11) is 1.60. The molecular formula is C22H19FN2O3S. The lowest BCUT2D eigenvalue weighted by molar-refractivity contribution is 0.0952. The summed E-state index contributed by atoms with van der Waals surface area (Å²) in [5.41, 5.74) is 2.13. The number of methoxy groups -OCH3 is 1. The first kappa shape index (κ1) is 19.1. The predicted octanol–water partition coefficient (Wildman–Crippen LogP) is 4.03. The Hall–Kier alpha value is -3.19. The number of carbonyl (C=O) groups excluding carboxylic acids is 2. The molecule has 29 heavy (non-hydrogen) atoms. The molecule has 0 radical (unpaired) electrons. The van der Waals surface area contributed by atoms with Crippen LogP contribution in [0.1, 0.15) is 30.5 Å². The van der Waals surface area contributed by atoms with E-state index in [-0.39, 0.29) is 17.6 Å². The summed E-state index contributed by atoms with van der Waals surface area (Å²) < 4.78 is 18.3. The first-order valence-corrected chi connectivity index (χ1v) is 9.98. The lowest BCUT2D eigenvalue weighted by Gasteiger charge is -2.16. The zero-order valence-electron chi connectivity index (χ0n) is 15.8. The van der Waals surface area contributed by atoms with Crippen LogP contribution in [-0.4, -0.2) is 25.5 Å². The zero-order chi connectivity index (χ0) is 20.4. The normalized spacial score (nSPS) is 12.6. The van der Waals surface area contributed by atoms with Gasteiger partial charge in [-0.2, -0.15) is 0 Å². The molecule has 4 rings (SSSR count). The van der Waals surface area contributed by atoms with E-state index in [1.807, 2.05) is 24.3 Å². The molecule has 2 amide bonds. The van der Waals surface area contributed by atoms with Crippen LogP contribution < -0.4 is 15.0 Å². The SMILES string of the molecule is COc1cccc(CNC(=O)c2cc3c(s2)CCN3C(=O)c2ccc(F)cc2)c1. The molecule has 0 fully saturated rings. The first-order valence-electron chi connectivity index (χ1n) is 9.16. The number of halogens is 1. The van der Waals surface area contributed by atoms with E-state index in [0.29, 0.717) is 30.0 Å². The van der Waals surface area contributed by atoms with E-state index in [1.165, 1.54) is 35.6 Å². The molecule has 2 aromatic carbocycles. The summed E-state index contributed by atoms with van der Waals surface area (Å²) in [4.78, 5) is 28.6. The molecule has 148 valence electrons. The van der Waals surface area contributed by atoms with Gasteiger partial charge in [0, 0.05) is 30.0 Å². The van der Waals surface area contributed by atoms with Crippen molar-refractivity contribution in [2.75, 3.05) is 18.6 Å². The molecule has 0 unspecified atom stereocenters. The maximum absolute atomic E-state index is 13.1. The van der Waals surface area contributed by atoms with Gasteiger partial charge in [0.2, 0.25) is 0 Å². The molecule has 0 saturated heterocycles. The van der Waals surface area contributed by atoms with Crippen molar-refractivity contribution in [3.63, 3.8) is 0 Å². The number of thiophene rings is 1. The molecule has 5 nitrogen and oxygen atoms in total. The fourth-order valence-corrected chi connectivity index (χ4v) is 4.35. The van der Waals surface area contributed by atoms with E-state index in [9.17, 15) is 14.0 Å². The number of nitrogens with zero attached hydrogens (tertiary/aromatic N) is 1. The van der Waals surface area contributed by atoms with Crippen LogP contribution in [0.25, 0.3) is 0 Å². The number of hydrogen-bond acceptors (Lipinski definition) is 4. The van der Waals surface area contributed by atoms with Gasteiger partial charge in [0.15, 0.2) is 0 Å². The van der Waals surface area contributed by atoms with Crippen LogP contribution in [0.4, 0.5) is 10.1 Å². The third-order valence-corrected chi connectivity index (χ3v) is 5.97. The molecule has 1 aromatic heterocycles. The van der Waals surface area contributed by atoms with Crippen LogP contribution >= 0.6 is 11.3 Å². The highest BCUT2D eigenvalue weighted by atomic mass is 32.1. The molecule has 0 bridgehead atoms. The van der Waals surface area contributed by atoms with E-state index < -0.39 is 0 Å². The maximum Gasteiger partial charge on any atom is 0.261 e. The van der Waals surface area contributed by atoms with Crippen molar-refractivity contribution in [3.8, 4) is 5.75 Å². The minimum atomic E-state index is -0.380. The van der Waals surface area contributed by atoms with Crippen LogP contribution in [0.2, 0.25) is 0 Å². The Labute approximate surface area is 171 Å². The predicted molar refractivity (Wildman–Crippen MR) is 110 cm³/mol. The van der Waals surface area contributed by atoms with Crippen LogP contribution in [0.15, 0.2) is 54.6 Å². The summed E-state index contributed by atoms with van der Waals surface area (Å²) in [6, 6.07) is 14.8. The van der Waals surface area contributed by atoms with Gasteiger partial charge in [0.1, 0.15) is 11.6 Å². The van der Waals surface area contributed by atoms with Crippen LogP contribution in [0, 0.1) is 5.82 Å². The Morgan fingerprint density at radius 3 is 2.72 bits per heavy atom. The molecule has 1 N–H and O–H groups in total. The number of rotatable bonds is 5. The van der Waals surface area contributed by atoms with Gasteiger partial charge >= 0.3 is 0 Å². The Balaban J connectivity index is 1.46. The van der Waals surface area contributed by atoms with Gasteiger partial charge in [-0.25, -0.2) is 4.39 Å². The second-order valence-corrected chi connectivity index (χ2v) is 7.80. The minimum Gasteiger partial charge on any atom is -0.497 e. The van der Waals surface area contributed by atoms with Gasteiger partial charge in [0.25, 0.3) is 11.8 Å². The first-order chi connectivity index (χ1) is 14.0. The van der Waals surface area contributed by atoms with Crippen LogP contribution in [0.3, 0.4) is 0 Å². The minimum absolute atomic E-state index is 0.179. The van der Waals surface area contributed by atoms with Gasteiger partial charge in [-0.15, -0.1) is 11.3 Å². The molecular weight excluding hydrogens is 391 g/mol. The molecule has 0 aliphatic carbocycles. The van der Waals surface area contributed by atoms with E-state index >= 15 is 0 Å². The molecule has 3 aromatic rings. The van der Waals surface area contributed by atoms with Gasteiger partial charge in [-0.05, 0) is 48.0 Å². The van der Waals surface area contributed by atoms with Crippen molar-refractivity contribution in [3.05, 3.63) is 81.3 Å². The number of benzene rings is 2. The Kier molecular flexibility index (Phi) is 5.31. The van der Waals surface area contributed by atoms with Gasteiger partial charge in [-0.1, -0.05) is 12.1 Å². The van der Waals surface area contributed by atoms with Gasteiger partial charge in [0.05, 0.1) is 17.7 Å². The molecule has 1 aliphatic heterocycles.